The van der Waals surface area contributed by atoms with Gasteiger partial charge >= 0.3 is 0 Å². The summed E-state index contributed by atoms with van der Waals surface area (Å²) in [5.74, 6) is 1.96. The number of rotatable bonds is 1. The second-order valence-electron chi connectivity index (χ2n) is 5.63. The van der Waals surface area contributed by atoms with Crippen LogP contribution in [-0.4, -0.2) is 23.5 Å². The van der Waals surface area contributed by atoms with Crippen LogP contribution in [0.4, 0.5) is 0 Å². The Bertz CT molecular complexity index is 186. The molecule has 0 bridgehead atoms. The van der Waals surface area contributed by atoms with Crippen molar-refractivity contribution in [3.8, 4) is 0 Å². The average Bonchev–Trinajstić information content (AvgIpc) is 2.17. The number of nitrogens with zero attached hydrogens (tertiary/aromatic N) is 1. The highest BCUT2D eigenvalue weighted by Gasteiger charge is 2.38. The number of hydrogen-bond acceptors (Lipinski definition) is 1. The van der Waals surface area contributed by atoms with Gasteiger partial charge in [-0.3, -0.25) is 4.90 Å². The monoisotopic (exact) mass is 195 g/mol. The standard InChI is InChI=1S/C13H25N/c1-10(2)14-9-5-8-12-7-4-6-11(3)13(12)14/h10-13H,4-9H2,1-3H3/t11-,12-,13+/m1/s1. The Hall–Kier alpha value is -0.0400. The van der Waals surface area contributed by atoms with E-state index < -0.39 is 0 Å². The third kappa shape index (κ3) is 1.84. The lowest BCUT2D eigenvalue weighted by Crippen LogP contribution is -2.53. The summed E-state index contributed by atoms with van der Waals surface area (Å²) in [4.78, 5) is 2.78. The van der Waals surface area contributed by atoms with Gasteiger partial charge in [-0.05, 0) is 57.9 Å². The Morgan fingerprint density at radius 1 is 1.07 bits per heavy atom. The van der Waals surface area contributed by atoms with Gasteiger partial charge < -0.3 is 0 Å². The summed E-state index contributed by atoms with van der Waals surface area (Å²) >= 11 is 0. The largest absolute Gasteiger partial charge is 0.297 e. The lowest BCUT2D eigenvalue weighted by atomic mass is 9.72. The van der Waals surface area contributed by atoms with Crippen LogP contribution in [-0.2, 0) is 0 Å². The molecule has 0 spiro atoms. The molecule has 0 N–H and O–H groups in total. The van der Waals surface area contributed by atoms with Gasteiger partial charge in [-0.2, -0.15) is 0 Å². The number of likely N-dealkylation sites (tertiary alicyclic amines) is 1. The van der Waals surface area contributed by atoms with Crippen molar-refractivity contribution >= 4 is 0 Å². The van der Waals surface area contributed by atoms with Crippen LogP contribution in [0.2, 0.25) is 0 Å². The summed E-state index contributed by atoms with van der Waals surface area (Å²) in [6.45, 7) is 8.55. The van der Waals surface area contributed by atoms with Gasteiger partial charge in [0.1, 0.15) is 0 Å². The Kier molecular flexibility index (Phi) is 3.16. The fourth-order valence-corrected chi connectivity index (χ4v) is 3.71. The zero-order chi connectivity index (χ0) is 10.1. The topological polar surface area (TPSA) is 3.24 Å². The minimum absolute atomic E-state index is 0.753. The van der Waals surface area contributed by atoms with Crippen LogP contribution in [0.25, 0.3) is 0 Å². The molecule has 0 aromatic rings. The van der Waals surface area contributed by atoms with Crippen molar-refractivity contribution < 1.29 is 0 Å². The van der Waals surface area contributed by atoms with Crippen LogP contribution in [0, 0.1) is 11.8 Å². The molecular formula is C13H25N. The predicted octanol–water partition coefficient (Wildman–Crippen LogP) is 3.30. The van der Waals surface area contributed by atoms with Gasteiger partial charge in [-0.1, -0.05) is 13.3 Å². The zero-order valence-electron chi connectivity index (χ0n) is 10.00. The first kappa shape index (κ1) is 10.5. The van der Waals surface area contributed by atoms with E-state index in [4.69, 9.17) is 0 Å². The molecule has 2 rings (SSSR count). The molecule has 1 heteroatoms. The van der Waals surface area contributed by atoms with Crippen LogP contribution < -0.4 is 0 Å². The van der Waals surface area contributed by atoms with Gasteiger partial charge in [0, 0.05) is 12.1 Å². The summed E-state index contributed by atoms with van der Waals surface area (Å²) < 4.78 is 0. The Morgan fingerprint density at radius 2 is 1.79 bits per heavy atom. The number of fused-ring (bicyclic) bond motifs is 1. The van der Waals surface area contributed by atoms with E-state index >= 15 is 0 Å². The molecule has 0 radical (unpaired) electrons. The van der Waals surface area contributed by atoms with E-state index in [0.717, 1.165) is 23.9 Å². The van der Waals surface area contributed by atoms with Crippen LogP contribution in [0.1, 0.15) is 52.9 Å². The van der Waals surface area contributed by atoms with Gasteiger partial charge in [0.05, 0.1) is 0 Å². The van der Waals surface area contributed by atoms with E-state index in [2.05, 4.69) is 25.7 Å². The van der Waals surface area contributed by atoms with Crippen LogP contribution in [0.5, 0.6) is 0 Å². The van der Waals surface area contributed by atoms with Gasteiger partial charge in [0.15, 0.2) is 0 Å². The van der Waals surface area contributed by atoms with E-state index in [0.29, 0.717) is 0 Å². The van der Waals surface area contributed by atoms with Crippen molar-refractivity contribution in [2.45, 2.75) is 65.0 Å². The van der Waals surface area contributed by atoms with E-state index in [1.807, 2.05) is 0 Å². The third-order valence-corrected chi connectivity index (χ3v) is 4.34. The van der Waals surface area contributed by atoms with Crippen molar-refractivity contribution in [1.82, 2.24) is 4.90 Å². The van der Waals surface area contributed by atoms with Gasteiger partial charge in [0.2, 0.25) is 0 Å². The Labute approximate surface area is 88.9 Å². The van der Waals surface area contributed by atoms with Crippen molar-refractivity contribution in [2.24, 2.45) is 11.8 Å². The maximum absolute atomic E-state index is 2.78. The fraction of sp³-hybridized carbons (Fsp3) is 1.00. The SMILES string of the molecule is CC(C)N1CCC[C@H]2CCC[C@@H](C)[C@@H]21. The Morgan fingerprint density at radius 3 is 2.50 bits per heavy atom. The molecule has 0 unspecified atom stereocenters. The van der Waals surface area contributed by atoms with E-state index in [-0.39, 0.29) is 0 Å². The lowest BCUT2D eigenvalue weighted by Gasteiger charge is -2.49. The normalized spacial score (nSPS) is 39.9. The van der Waals surface area contributed by atoms with E-state index in [1.54, 1.807) is 0 Å². The molecule has 2 aliphatic rings. The molecular weight excluding hydrogens is 170 g/mol. The molecule has 1 nitrogen and oxygen atoms in total. The van der Waals surface area contributed by atoms with Gasteiger partial charge in [-0.15, -0.1) is 0 Å². The molecule has 1 aliphatic heterocycles. The molecule has 1 saturated carbocycles. The molecule has 0 amide bonds. The maximum Gasteiger partial charge on any atom is 0.0152 e. The van der Waals surface area contributed by atoms with Crippen molar-refractivity contribution in [2.75, 3.05) is 6.54 Å². The van der Waals surface area contributed by atoms with Gasteiger partial charge in [0.25, 0.3) is 0 Å². The first-order valence-electron chi connectivity index (χ1n) is 6.46. The fourth-order valence-electron chi connectivity index (χ4n) is 3.71. The molecule has 1 saturated heterocycles. The molecule has 1 aliphatic carbocycles. The minimum Gasteiger partial charge on any atom is -0.297 e. The molecule has 3 atom stereocenters. The molecule has 0 aromatic heterocycles. The second-order valence-corrected chi connectivity index (χ2v) is 5.63. The molecule has 2 fully saturated rings. The van der Waals surface area contributed by atoms with Crippen molar-refractivity contribution in [1.29, 1.82) is 0 Å². The summed E-state index contributed by atoms with van der Waals surface area (Å²) in [5.41, 5.74) is 0. The highest BCUT2D eigenvalue weighted by Crippen LogP contribution is 2.39. The smallest absolute Gasteiger partial charge is 0.0152 e. The molecule has 82 valence electrons. The van der Waals surface area contributed by atoms with E-state index in [9.17, 15) is 0 Å². The first-order chi connectivity index (χ1) is 6.70. The average molecular weight is 195 g/mol. The number of hydrogen-bond donors (Lipinski definition) is 0. The molecule has 14 heavy (non-hydrogen) atoms. The second kappa shape index (κ2) is 4.22. The van der Waals surface area contributed by atoms with Crippen LogP contribution >= 0.6 is 0 Å². The van der Waals surface area contributed by atoms with E-state index in [1.165, 1.54) is 38.6 Å². The zero-order valence-corrected chi connectivity index (χ0v) is 10.00. The lowest BCUT2D eigenvalue weighted by molar-refractivity contribution is 0.00468. The molecule has 0 aromatic carbocycles. The number of piperidine rings is 1. The van der Waals surface area contributed by atoms with Crippen LogP contribution in [0.15, 0.2) is 0 Å². The summed E-state index contributed by atoms with van der Waals surface area (Å²) in [5, 5.41) is 0. The van der Waals surface area contributed by atoms with Crippen molar-refractivity contribution in [3.05, 3.63) is 0 Å². The van der Waals surface area contributed by atoms with Crippen LogP contribution in [0.3, 0.4) is 0 Å². The third-order valence-electron chi connectivity index (χ3n) is 4.34. The van der Waals surface area contributed by atoms with Gasteiger partial charge in [-0.25, -0.2) is 0 Å². The highest BCUT2D eigenvalue weighted by molar-refractivity contribution is 4.91. The highest BCUT2D eigenvalue weighted by atomic mass is 15.2. The maximum atomic E-state index is 2.78. The molecule has 1 heterocycles. The summed E-state index contributed by atoms with van der Waals surface area (Å²) in [6, 6.07) is 1.67. The Balaban J connectivity index is 2.10. The summed E-state index contributed by atoms with van der Waals surface area (Å²) in [7, 11) is 0. The quantitative estimate of drug-likeness (QED) is 0.620. The first-order valence-corrected chi connectivity index (χ1v) is 6.46. The predicted molar refractivity (Wildman–Crippen MR) is 61.4 cm³/mol. The minimum atomic E-state index is 0.753. The van der Waals surface area contributed by atoms with Crippen molar-refractivity contribution in [3.63, 3.8) is 0 Å². The summed E-state index contributed by atoms with van der Waals surface area (Å²) in [6.07, 6.45) is 7.38.